The van der Waals surface area contributed by atoms with Gasteiger partial charge in [0.25, 0.3) is 0 Å². The molecule has 1 N–H and O–H groups in total. The van der Waals surface area contributed by atoms with Gasteiger partial charge < -0.3 is 19.3 Å². The minimum absolute atomic E-state index is 0.183. The maximum Gasteiger partial charge on any atom is 0.336 e. The van der Waals surface area contributed by atoms with Crippen LogP contribution in [0, 0.1) is 0 Å². The third kappa shape index (κ3) is 5.72. The molecule has 6 nitrogen and oxygen atoms in total. The summed E-state index contributed by atoms with van der Waals surface area (Å²) in [6.07, 6.45) is 4.67. The van der Waals surface area contributed by atoms with E-state index in [1.54, 1.807) is 61.9 Å². The minimum atomic E-state index is -0.519. The summed E-state index contributed by atoms with van der Waals surface area (Å²) >= 11 is 0. The maximum absolute atomic E-state index is 12.2. The van der Waals surface area contributed by atoms with Crippen molar-refractivity contribution in [2.45, 2.75) is 0 Å². The smallest absolute Gasteiger partial charge is 0.336 e. The lowest BCUT2D eigenvalue weighted by atomic mass is 10.2. The van der Waals surface area contributed by atoms with Crippen molar-refractivity contribution in [2.24, 2.45) is 4.99 Å². The lowest BCUT2D eigenvalue weighted by molar-refractivity contribution is -0.129. The number of hydrogen-bond acceptors (Lipinski definition) is 6. The van der Waals surface area contributed by atoms with Gasteiger partial charge in [0.2, 0.25) is 0 Å². The van der Waals surface area contributed by atoms with Crippen LogP contribution in [0.3, 0.4) is 0 Å². The van der Waals surface area contributed by atoms with Gasteiger partial charge in [-0.2, -0.15) is 0 Å². The first-order chi connectivity index (χ1) is 14.6. The Labute approximate surface area is 174 Å². The fourth-order valence-corrected chi connectivity index (χ4v) is 2.56. The average Bonchev–Trinajstić information content (AvgIpc) is 2.78. The fourth-order valence-electron chi connectivity index (χ4n) is 2.56. The predicted molar refractivity (Wildman–Crippen MR) is 116 cm³/mol. The Bertz CT molecular complexity index is 1050. The summed E-state index contributed by atoms with van der Waals surface area (Å²) in [5.41, 5.74) is 2.32. The molecule has 0 amide bonds. The monoisotopic (exact) mass is 403 g/mol. The zero-order valence-corrected chi connectivity index (χ0v) is 16.6. The highest BCUT2D eigenvalue weighted by atomic mass is 16.6. The first-order valence-electron chi connectivity index (χ1n) is 9.12. The Morgan fingerprint density at radius 2 is 1.57 bits per heavy atom. The number of carbonyl (C=O) groups excluding carboxylic acids is 1. The van der Waals surface area contributed by atoms with Gasteiger partial charge in [-0.1, -0.05) is 12.1 Å². The quantitative estimate of drug-likeness (QED) is 0.266. The highest BCUT2D eigenvalue weighted by Gasteiger charge is 2.08. The van der Waals surface area contributed by atoms with Gasteiger partial charge in [0, 0.05) is 12.3 Å². The van der Waals surface area contributed by atoms with E-state index in [1.807, 2.05) is 24.3 Å². The zero-order chi connectivity index (χ0) is 21.3. The van der Waals surface area contributed by atoms with Gasteiger partial charge in [0.05, 0.1) is 19.9 Å². The molecule has 0 aliphatic carbocycles. The van der Waals surface area contributed by atoms with E-state index in [2.05, 4.69) is 4.99 Å². The summed E-state index contributed by atoms with van der Waals surface area (Å²) in [6.45, 7) is 0. The Morgan fingerprint density at radius 1 is 0.867 bits per heavy atom. The molecule has 3 aromatic rings. The molecule has 0 atom stereocenters. The van der Waals surface area contributed by atoms with Crippen molar-refractivity contribution in [3.05, 3.63) is 83.9 Å². The number of esters is 1. The summed E-state index contributed by atoms with van der Waals surface area (Å²) in [6, 6.07) is 19.0. The molecule has 0 saturated heterocycles. The van der Waals surface area contributed by atoms with Crippen LogP contribution in [0.5, 0.6) is 23.0 Å². The highest BCUT2D eigenvalue weighted by molar-refractivity contribution is 5.89. The van der Waals surface area contributed by atoms with E-state index < -0.39 is 5.97 Å². The van der Waals surface area contributed by atoms with E-state index in [0.717, 1.165) is 16.9 Å². The van der Waals surface area contributed by atoms with Crippen molar-refractivity contribution < 1.29 is 24.1 Å². The third-order valence-electron chi connectivity index (χ3n) is 4.14. The molecule has 0 aromatic heterocycles. The molecule has 0 radical (unpaired) electrons. The van der Waals surface area contributed by atoms with Gasteiger partial charge in [-0.25, -0.2) is 4.79 Å². The van der Waals surface area contributed by atoms with Crippen molar-refractivity contribution in [3.8, 4) is 23.0 Å². The summed E-state index contributed by atoms with van der Waals surface area (Å²) in [7, 11) is 3.10. The number of aromatic hydroxyl groups is 1. The molecule has 3 rings (SSSR count). The van der Waals surface area contributed by atoms with Crippen LogP contribution in [0.25, 0.3) is 6.08 Å². The number of carbonyl (C=O) groups is 1. The molecular weight excluding hydrogens is 382 g/mol. The molecule has 0 heterocycles. The van der Waals surface area contributed by atoms with Gasteiger partial charge in [0.1, 0.15) is 11.5 Å². The standard InChI is InChI=1S/C24H21NO5/c1-28-21-11-3-17(4-12-21)6-14-24(27)30-22-13-5-18(15-23(22)29-2)16-25-19-7-9-20(26)10-8-19/h3-16,26H,1-2H3/b14-6?,25-16+. The SMILES string of the molecule is COc1ccc(C=CC(=O)Oc2ccc(/C=N/c3ccc(O)cc3)cc2OC)cc1. The van der Waals surface area contributed by atoms with Crippen LogP contribution < -0.4 is 14.2 Å². The fraction of sp³-hybridized carbons (Fsp3) is 0.0833. The number of nitrogens with zero attached hydrogens (tertiary/aromatic N) is 1. The van der Waals surface area contributed by atoms with Crippen LogP contribution in [0.1, 0.15) is 11.1 Å². The molecule has 3 aromatic carbocycles. The number of aliphatic imine (C=N–C) groups is 1. The van der Waals surface area contributed by atoms with Crippen LogP contribution in [0.15, 0.2) is 77.8 Å². The van der Waals surface area contributed by atoms with Gasteiger partial charge in [0.15, 0.2) is 11.5 Å². The predicted octanol–water partition coefficient (Wildman–Crippen LogP) is 4.78. The van der Waals surface area contributed by atoms with Crippen LogP contribution in [0.2, 0.25) is 0 Å². The molecule has 0 aliphatic heterocycles. The molecule has 6 heteroatoms. The molecule has 0 unspecified atom stereocenters. The zero-order valence-electron chi connectivity index (χ0n) is 16.6. The normalized spacial score (nSPS) is 11.0. The van der Waals surface area contributed by atoms with Gasteiger partial charge in [-0.3, -0.25) is 4.99 Å². The second-order valence-corrected chi connectivity index (χ2v) is 6.21. The number of rotatable bonds is 7. The van der Waals surface area contributed by atoms with E-state index in [-0.39, 0.29) is 5.75 Å². The molecule has 0 saturated carbocycles. The van der Waals surface area contributed by atoms with Crippen LogP contribution in [-0.2, 0) is 4.79 Å². The van der Waals surface area contributed by atoms with E-state index in [9.17, 15) is 9.90 Å². The summed E-state index contributed by atoms with van der Waals surface area (Å²) in [5, 5.41) is 9.32. The molecular formula is C24H21NO5. The average molecular weight is 403 g/mol. The number of hydrogen-bond donors (Lipinski definition) is 1. The molecule has 0 aliphatic rings. The molecule has 152 valence electrons. The van der Waals surface area contributed by atoms with Gasteiger partial charge >= 0.3 is 5.97 Å². The van der Waals surface area contributed by atoms with Gasteiger partial charge in [-0.05, 0) is 71.8 Å². The Hall–Kier alpha value is -4.06. The van der Waals surface area contributed by atoms with Crippen molar-refractivity contribution >= 4 is 23.9 Å². The molecule has 0 spiro atoms. The lowest BCUT2D eigenvalue weighted by Crippen LogP contribution is -2.05. The Morgan fingerprint density at radius 3 is 2.23 bits per heavy atom. The van der Waals surface area contributed by atoms with Crippen molar-refractivity contribution in [1.82, 2.24) is 0 Å². The van der Waals surface area contributed by atoms with Crippen molar-refractivity contribution in [3.63, 3.8) is 0 Å². The van der Waals surface area contributed by atoms with E-state index in [4.69, 9.17) is 14.2 Å². The number of methoxy groups -OCH3 is 2. The Kier molecular flexibility index (Phi) is 6.84. The van der Waals surface area contributed by atoms with Gasteiger partial charge in [-0.15, -0.1) is 0 Å². The van der Waals surface area contributed by atoms with Crippen molar-refractivity contribution in [2.75, 3.05) is 14.2 Å². The van der Waals surface area contributed by atoms with Crippen LogP contribution >= 0.6 is 0 Å². The van der Waals surface area contributed by atoms with E-state index in [1.165, 1.54) is 13.2 Å². The molecule has 30 heavy (non-hydrogen) atoms. The minimum Gasteiger partial charge on any atom is -0.508 e. The number of phenolic OH excluding ortho intramolecular Hbond substituents is 1. The summed E-state index contributed by atoms with van der Waals surface area (Å²) < 4.78 is 15.8. The first-order valence-corrected chi connectivity index (χ1v) is 9.12. The third-order valence-corrected chi connectivity index (χ3v) is 4.14. The molecule has 0 bridgehead atoms. The Balaban J connectivity index is 1.67. The van der Waals surface area contributed by atoms with E-state index >= 15 is 0 Å². The first kappa shape index (κ1) is 20.7. The second-order valence-electron chi connectivity index (χ2n) is 6.21. The largest absolute Gasteiger partial charge is 0.508 e. The maximum atomic E-state index is 12.2. The summed E-state index contributed by atoms with van der Waals surface area (Å²) in [5.74, 6) is 1.13. The van der Waals surface area contributed by atoms with Crippen LogP contribution in [-0.4, -0.2) is 31.5 Å². The number of phenols is 1. The lowest BCUT2D eigenvalue weighted by Gasteiger charge is -2.08. The summed E-state index contributed by atoms with van der Waals surface area (Å²) in [4.78, 5) is 16.5. The molecule has 0 fully saturated rings. The topological polar surface area (TPSA) is 77.4 Å². The van der Waals surface area contributed by atoms with E-state index in [0.29, 0.717) is 17.2 Å². The van der Waals surface area contributed by atoms with Crippen molar-refractivity contribution in [1.29, 1.82) is 0 Å². The number of benzene rings is 3. The number of ether oxygens (including phenoxy) is 3. The highest BCUT2D eigenvalue weighted by Crippen LogP contribution is 2.28. The van der Waals surface area contributed by atoms with Crippen LogP contribution in [0.4, 0.5) is 5.69 Å². The second kappa shape index (κ2) is 9.93.